The fourth-order valence-electron chi connectivity index (χ4n) is 2.41. The summed E-state index contributed by atoms with van der Waals surface area (Å²) in [5, 5.41) is 2.94. The number of aromatic nitrogens is 1. The Labute approximate surface area is 139 Å². The first kappa shape index (κ1) is 17.4. The lowest BCUT2D eigenvalue weighted by Gasteiger charge is -2.13. The molecule has 126 valence electrons. The highest BCUT2D eigenvalue weighted by Gasteiger charge is 2.19. The van der Waals surface area contributed by atoms with Crippen molar-refractivity contribution in [1.82, 2.24) is 10.3 Å². The van der Waals surface area contributed by atoms with Crippen LogP contribution in [0.3, 0.4) is 0 Å². The number of nitrogens with zero attached hydrogens (tertiary/aromatic N) is 1. The third-order valence-corrected chi connectivity index (χ3v) is 3.57. The molecule has 1 aromatic carbocycles. The molecule has 2 rings (SSSR count). The van der Waals surface area contributed by atoms with Crippen molar-refractivity contribution in [3.8, 4) is 0 Å². The average Bonchev–Trinajstić information content (AvgIpc) is 2.57. The molecule has 1 heterocycles. The molecule has 0 spiro atoms. The van der Waals surface area contributed by atoms with Crippen LogP contribution in [-0.2, 0) is 20.7 Å². The van der Waals surface area contributed by atoms with Gasteiger partial charge in [0.2, 0.25) is 5.91 Å². The van der Waals surface area contributed by atoms with E-state index in [0.29, 0.717) is 22.9 Å². The Morgan fingerprint density at radius 3 is 2.62 bits per heavy atom. The lowest BCUT2D eigenvalue weighted by molar-refractivity contribution is -0.127. The topological polar surface area (TPSA) is 111 Å². The molecule has 0 atom stereocenters. The monoisotopic (exact) mass is 329 g/mol. The number of pyridine rings is 1. The number of esters is 1. The fourth-order valence-corrected chi connectivity index (χ4v) is 2.41. The van der Waals surface area contributed by atoms with Crippen LogP contribution in [0.1, 0.15) is 28.5 Å². The van der Waals surface area contributed by atoms with Crippen LogP contribution in [0.4, 0.5) is 0 Å². The van der Waals surface area contributed by atoms with Crippen molar-refractivity contribution in [2.45, 2.75) is 20.3 Å². The second kappa shape index (κ2) is 7.54. The van der Waals surface area contributed by atoms with E-state index in [1.54, 1.807) is 6.07 Å². The van der Waals surface area contributed by atoms with E-state index in [1.165, 1.54) is 0 Å². The molecule has 0 aliphatic carbocycles. The van der Waals surface area contributed by atoms with Crippen LogP contribution in [0.25, 0.3) is 10.9 Å². The number of nitrogens with two attached hydrogens (primary N) is 1. The fraction of sp³-hybridized carbons (Fsp3) is 0.294. The number of para-hydroxylation sites is 1. The van der Waals surface area contributed by atoms with E-state index < -0.39 is 24.4 Å². The highest BCUT2D eigenvalue weighted by molar-refractivity contribution is 6.05. The van der Waals surface area contributed by atoms with Crippen LogP contribution in [0.2, 0.25) is 0 Å². The molecule has 0 saturated carbocycles. The minimum Gasteiger partial charge on any atom is -0.452 e. The number of carbonyl (C=O) groups is 3. The van der Waals surface area contributed by atoms with Gasteiger partial charge in [0.1, 0.15) is 0 Å². The number of aryl methyl sites for hydroxylation is 1. The number of hydrogen-bond donors (Lipinski definition) is 2. The van der Waals surface area contributed by atoms with Crippen LogP contribution in [0.15, 0.2) is 24.3 Å². The number of carbonyl (C=O) groups excluding carboxylic acids is 3. The number of benzene rings is 1. The molecule has 1 aromatic heterocycles. The van der Waals surface area contributed by atoms with Crippen molar-refractivity contribution in [1.29, 1.82) is 0 Å². The van der Waals surface area contributed by atoms with Gasteiger partial charge in [0.15, 0.2) is 6.61 Å². The van der Waals surface area contributed by atoms with Crippen LogP contribution in [0, 0.1) is 6.92 Å². The van der Waals surface area contributed by atoms with Gasteiger partial charge in [-0.05, 0) is 25.0 Å². The van der Waals surface area contributed by atoms with Gasteiger partial charge in [-0.15, -0.1) is 0 Å². The van der Waals surface area contributed by atoms with Gasteiger partial charge in [0, 0.05) is 11.1 Å². The zero-order chi connectivity index (χ0) is 17.7. The number of rotatable bonds is 6. The largest absolute Gasteiger partial charge is 0.452 e. The molecule has 24 heavy (non-hydrogen) atoms. The average molecular weight is 329 g/mol. The minimum atomic E-state index is -0.668. The van der Waals surface area contributed by atoms with Gasteiger partial charge in [-0.1, -0.05) is 25.1 Å². The molecule has 0 aliphatic rings. The predicted octanol–water partition coefficient (Wildman–Crippen LogP) is 0.864. The van der Waals surface area contributed by atoms with Crippen molar-refractivity contribution in [3.05, 3.63) is 41.1 Å². The van der Waals surface area contributed by atoms with Crippen LogP contribution >= 0.6 is 0 Å². The van der Waals surface area contributed by atoms with Gasteiger partial charge in [0.25, 0.3) is 5.91 Å². The van der Waals surface area contributed by atoms with E-state index in [1.807, 2.05) is 32.0 Å². The molecule has 0 radical (unpaired) electrons. The summed E-state index contributed by atoms with van der Waals surface area (Å²) in [6.45, 7) is 2.98. The molecule has 7 nitrogen and oxygen atoms in total. The van der Waals surface area contributed by atoms with E-state index in [0.717, 1.165) is 11.3 Å². The van der Waals surface area contributed by atoms with Gasteiger partial charge in [-0.3, -0.25) is 14.6 Å². The zero-order valence-electron chi connectivity index (χ0n) is 13.6. The first-order chi connectivity index (χ1) is 11.4. The molecule has 3 N–H and O–H groups in total. The SMILES string of the molecule is CCc1nc2ccccc2c(C(=O)OCC(=O)NCC(N)=O)c1C. The second-order valence-electron chi connectivity index (χ2n) is 5.25. The van der Waals surface area contributed by atoms with Crippen molar-refractivity contribution < 1.29 is 19.1 Å². The second-order valence-corrected chi connectivity index (χ2v) is 5.25. The number of ether oxygens (including phenoxy) is 1. The summed E-state index contributed by atoms with van der Waals surface area (Å²) in [6, 6.07) is 7.27. The summed E-state index contributed by atoms with van der Waals surface area (Å²) in [7, 11) is 0. The van der Waals surface area contributed by atoms with E-state index in [-0.39, 0.29) is 6.54 Å². The maximum Gasteiger partial charge on any atom is 0.339 e. The van der Waals surface area contributed by atoms with Gasteiger partial charge >= 0.3 is 5.97 Å². The maximum absolute atomic E-state index is 12.5. The highest BCUT2D eigenvalue weighted by Crippen LogP contribution is 2.24. The summed E-state index contributed by atoms with van der Waals surface area (Å²) in [5.41, 5.74) is 7.57. The van der Waals surface area contributed by atoms with Gasteiger partial charge in [0.05, 0.1) is 17.6 Å². The van der Waals surface area contributed by atoms with Gasteiger partial charge in [-0.25, -0.2) is 4.79 Å². The van der Waals surface area contributed by atoms with E-state index in [2.05, 4.69) is 10.3 Å². The summed E-state index contributed by atoms with van der Waals surface area (Å²) < 4.78 is 5.08. The molecule has 0 saturated heterocycles. The Kier molecular flexibility index (Phi) is 5.47. The number of primary amides is 1. The third-order valence-electron chi connectivity index (χ3n) is 3.57. The molecule has 2 aromatic rings. The molecule has 0 fully saturated rings. The normalized spacial score (nSPS) is 10.4. The van der Waals surface area contributed by atoms with Crippen LogP contribution in [0.5, 0.6) is 0 Å². The number of hydrogen-bond acceptors (Lipinski definition) is 5. The van der Waals surface area contributed by atoms with Gasteiger partial charge < -0.3 is 15.8 Å². The molecule has 7 heteroatoms. The van der Waals surface area contributed by atoms with Crippen molar-refractivity contribution in [3.63, 3.8) is 0 Å². The summed E-state index contributed by atoms with van der Waals surface area (Å²) in [4.78, 5) is 39.2. The smallest absolute Gasteiger partial charge is 0.339 e. The molecule has 0 unspecified atom stereocenters. The van der Waals surface area contributed by atoms with Crippen LogP contribution < -0.4 is 11.1 Å². The quantitative estimate of drug-likeness (QED) is 0.764. The Hall–Kier alpha value is -2.96. The lowest BCUT2D eigenvalue weighted by atomic mass is 10.0. The molecule has 2 amide bonds. The van der Waals surface area contributed by atoms with Crippen molar-refractivity contribution in [2.75, 3.05) is 13.2 Å². The minimum absolute atomic E-state index is 0.298. The molecule has 0 aliphatic heterocycles. The Morgan fingerprint density at radius 1 is 1.25 bits per heavy atom. The Morgan fingerprint density at radius 2 is 1.96 bits per heavy atom. The van der Waals surface area contributed by atoms with E-state index in [4.69, 9.17) is 10.5 Å². The van der Waals surface area contributed by atoms with E-state index >= 15 is 0 Å². The highest BCUT2D eigenvalue weighted by atomic mass is 16.5. The lowest BCUT2D eigenvalue weighted by Crippen LogP contribution is -2.36. The maximum atomic E-state index is 12.5. The zero-order valence-corrected chi connectivity index (χ0v) is 13.6. The predicted molar refractivity (Wildman–Crippen MR) is 88.3 cm³/mol. The molecular formula is C17H19N3O4. The number of amides is 2. The molecule has 0 bridgehead atoms. The van der Waals surface area contributed by atoms with Crippen LogP contribution in [-0.4, -0.2) is 35.9 Å². The van der Waals surface area contributed by atoms with Crippen molar-refractivity contribution >= 4 is 28.7 Å². The Balaban J connectivity index is 2.24. The summed E-state index contributed by atoms with van der Waals surface area (Å²) in [6.07, 6.45) is 0.677. The Bertz CT molecular complexity index is 802. The summed E-state index contributed by atoms with van der Waals surface area (Å²) >= 11 is 0. The number of nitrogens with one attached hydrogen (secondary N) is 1. The first-order valence-corrected chi connectivity index (χ1v) is 7.54. The molecular weight excluding hydrogens is 310 g/mol. The van der Waals surface area contributed by atoms with E-state index in [9.17, 15) is 14.4 Å². The third kappa shape index (κ3) is 3.87. The number of fused-ring (bicyclic) bond motifs is 1. The summed E-state index contributed by atoms with van der Waals surface area (Å²) in [5.74, 6) is -1.86. The van der Waals surface area contributed by atoms with Crippen molar-refractivity contribution in [2.24, 2.45) is 5.73 Å². The standard InChI is InChI=1S/C17H19N3O4/c1-3-12-10(2)16(11-6-4-5-7-13(11)20-12)17(23)24-9-15(22)19-8-14(18)21/h4-7H,3,8-9H2,1-2H3,(H2,18,21)(H,19,22). The first-order valence-electron chi connectivity index (χ1n) is 7.54. The van der Waals surface area contributed by atoms with Gasteiger partial charge in [-0.2, -0.15) is 0 Å².